The number of carbonyl (C=O) groups excluding carboxylic acids is 2. The molecule has 1 N–H and O–H groups in total. The lowest BCUT2D eigenvalue weighted by Crippen LogP contribution is -2.46. The van der Waals surface area contributed by atoms with Crippen molar-refractivity contribution in [3.05, 3.63) is 10.6 Å². The van der Waals surface area contributed by atoms with E-state index in [9.17, 15) is 9.59 Å². The highest BCUT2D eigenvalue weighted by atomic mass is 32.1. The van der Waals surface area contributed by atoms with Crippen molar-refractivity contribution in [2.45, 2.75) is 32.2 Å². The van der Waals surface area contributed by atoms with Gasteiger partial charge in [0.1, 0.15) is 0 Å². The van der Waals surface area contributed by atoms with Crippen LogP contribution < -0.4 is 10.2 Å². The SMILES string of the molecule is O=C1C2CCC(C2)C(=O)N1c1nc2c(s1)CNCC2. The summed E-state index contributed by atoms with van der Waals surface area (Å²) in [6.07, 6.45) is 3.35. The lowest BCUT2D eigenvalue weighted by molar-refractivity contribution is -0.132. The van der Waals surface area contributed by atoms with E-state index in [4.69, 9.17) is 0 Å². The molecule has 0 spiro atoms. The van der Waals surface area contributed by atoms with Gasteiger partial charge in [-0.1, -0.05) is 11.3 Å². The van der Waals surface area contributed by atoms with E-state index in [1.807, 2.05) is 0 Å². The molecule has 1 aromatic rings. The summed E-state index contributed by atoms with van der Waals surface area (Å²) in [6.45, 7) is 1.72. The van der Waals surface area contributed by atoms with Gasteiger partial charge in [-0.15, -0.1) is 0 Å². The summed E-state index contributed by atoms with van der Waals surface area (Å²) in [6, 6.07) is 0. The number of rotatable bonds is 1. The normalized spacial score (nSPS) is 29.8. The number of amides is 2. The number of imide groups is 1. The molecule has 1 aliphatic carbocycles. The maximum absolute atomic E-state index is 12.4. The van der Waals surface area contributed by atoms with Crippen LogP contribution in [0.25, 0.3) is 0 Å². The molecular formula is C13H15N3O2S. The van der Waals surface area contributed by atoms with E-state index in [-0.39, 0.29) is 23.7 Å². The van der Waals surface area contributed by atoms with Gasteiger partial charge in [0.25, 0.3) is 0 Å². The van der Waals surface area contributed by atoms with E-state index in [1.54, 1.807) is 0 Å². The first kappa shape index (κ1) is 11.5. The standard InChI is InChI=1S/C13H15N3O2S/c17-11-7-1-2-8(5-7)12(18)16(11)13-15-9-3-4-14-6-10(9)19-13/h7-8,14H,1-6H2. The van der Waals surface area contributed by atoms with E-state index in [0.717, 1.165) is 44.5 Å². The zero-order chi connectivity index (χ0) is 13.0. The number of carbonyl (C=O) groups is 2. The van der Waals surface area contributed by atoms with Crippen LogP contribution in [-0.2, 0) is 22.6 Å². The van der Waals surface area contributed by atoms with Gasteiger partial charge in [0.05, 0.1) is 5.69 Å². The van der Waals surface area contributed by atoms with E-state index in [0.29, 0.717) is 5.13 Å². The summed E-state index contributed by atoms with van der Waals surface area (Å²) < 4.78 is 0. The Kier molecular flexibility index (Phi) is 2.50. The van der Waals surface area contributed by atoms with Crippen LogP contribution in [0.5, 0.6) is 0 Å². The summed E-state index contributed by atoms with van der Waals surface area (Å²) in [4.78, 5) is 31.8. The molecule has 2 aliphatic heterocycles. The number of piperidine rings is 1. The van der Waals surface area contributed by atoms with Crippen LogP contribution in [0, 0.1) is 11.8 Å². The molecule has 2 unspecified atom stereocenters. The van der Waals surface area contributed by atoms with Gasteiger partial charge >= 0.3 is 0 Å². The highest BCUT2D eigenvalue weighted by Crippen LogP contribution is 2.41. The van der Waals surface area contributed by atoms with Gasteiger partial charge in [-0.05, 0) is 19.3 Å². The van der Waals surface area contributed by atoms with Crippen LogP contribution in [-0.4, -0.2) is 23.3 Å². The van der Waals surface area contributed by atoms with Crippen molar-refractivity contribution >= 4 is 28.3 Å². The van der Waals surface area contributed by atoms with Crippen molar-refractivity contribution in [2.75, 3.05) is 11.4 Å². The lowest BCUT2D eigenvalue weighted by Gasteiger charge is -2.27. The zero-order valence-corrected chi connectivity index (χ0v) is 11.3. The first-order chi connectivity index (χ1) is 9.24. The molecule has 0 radical (unpaired) electrons. The molecular weight excluding hydrogens is 262 g/mol. The van der Waals surface area contributed by atoms with Gasteiger partial charge in [0, 0.05) is 36.2 Å². The number of aromatic nitrogens is 1. The Balaban J connectivity index is 1.73. The molecule has 19 heavy (non-hydrogen) atoms. The molecule has 0 aromatic carbocycles. The van der Waals surface area contributed by atoms with Crippen molar-refractivity contribution in [1.82, 2.24) is 10.3 Å². The minimum absolute atomic E-state index is 0.0298. The van der Waals surface area contributed by atoms with Gasteiger partial charge in [0.2, 0.25) is 11.8 Å². The third kappa shape index (κ3) is 1.66. The minimum atomic E-state index is -0.0298. The molecule has 4 rings (SSSR count). The van der Waals surface area contributed by atoms with Gasteiger partial charge < -0.3 is 5.32 Å². The van der Waals surface area contributed by atoms with Crippen LogP contribution >= 0.6 is 11.3 Å². The fourth-order valence-corrected chi connectivity index (χ4v) is 4.39. The summed E-state index contributed by atoms with van der Waals surface area (Å²) in [7, 11) is 0. The Morgan fingerprint density at radius 3 is 2.63 bits per heavy atom. The average molecular weight is 277 g/mol. The second-order valence-corrected chi connectivity index (χ2v) is 6.57. The van der Waals surface area contributed by atoms with Crippen LogP contribution in [0.4, 0.5) is 5.13 Å². The van der Waals surface area contributed by atoms with E-state index < -0.39 is 0 Å². The number of thiazole rings is 1. The molecule has 3 aliphatic rings. The Morgan fingerprint density at radius 1 is 1.21 bits per heavy atom. The monoisotopic (exact) mass is 277 g/mol. The van der Waals surface area contributed by atoms with E-state index in [1.165, 1.54) is 21.1 Å². The number of anilines is 1. The highest BCUT2D eigenvalue weighted by molar-refractivity contribution is 7.16. The van der Waals surface area contributed by atoms with Crippen LogP contribution in [0.15, 0.2) is 0 Å². The van der Waals surface area contributed by atoms with Gasteiger partial charge in [-0.2, -0.15) is 0 Å². The van der Waals surface area contributed by atoms with Gasteiger partial charge in [-0.3, -0.25) is 9.59 Å². The Labute approximate surface area is 115 Å². The fraction of sp³-hybridized carbons (Fsp3) is 0.615. The molecule has 2 bridgehead atoms. The quantitative estimate of drug-likeness (QED) is 0.780. The van der Waals surface area contributed by atoms with E-state index in [2.05, 4.69) is 10.3 Å². The number of nitrogens with zero attached hydrogens (tertiary/aromatic N) is 2. The highest BCUT2D eigenvalue weighted by Gasteiger charge is 2.47. The smallest absolute Gasteiger partial charge is 0.238 e. The summed E-state index contributed by atoms with van der Waals surface area (Å²) in [5, 5.41) is 3.89. The molecule has 2 amide bonds. The lowest BCUT2D eigenvalue weighted by atomic mass is 9.98. The summed E-state index contributed by atoms with van der Waals surface area (Å²) in [5.74, 6) is 0.0270. The Hall–Kier alpha value is -1.27. The maximum atomic E-state index is 12.4. The van der Waals surface area contributed by atoms with Crippen molar-refractivity contribution in [1.29, 1.82) is 0 Å². The first-order valence-electron chi connectivity index (χ1n) is 6.81. The zero-order valence-electron chi connectivity index (χ0n) is 10.5. The predicted octanol–water partition coefficient (Wildman–Crippen LogP) is 1.08. The summed E-state index contributed by atoms with van der Waals surface area (Å²) in [5.41, 5.74) is 1.05. The summed E-state index contributed by atoms with van der Waals surface area (Å²) >= 11 is 1.49. The number of hydrogen-bond donors (Lipinski definition) is 1. The Morgan fingerprint density at radius 2 is 1.95 bits per heavy atom. The number of hydrogen-bond acceptors (Lipinski definition) is 5. The molecule has 6 heteroatoms. The van der Waals surface area contributed by atoms with Crippen molar-refractivity contribution in [3.63, 3.8) is 0 Å². The second-order valence-electron chi connectivity index (χ2n) is 5.51. The maximum Gasteiger partial charge on any atom is 0.238 e. The third-order valence-electron chi connectivity index (χ3n) is 4.35. The number of nitrogens with one attached hydrogen (secondary N) is 1. The first-order valence-corrected chi connectivity index (χ1v) is 7.63. The van der Waals surface area contributed by atoms with Crippen molar-refractivity contribution < 1.29 is 9.59 Å². The van der Waals surface area contributed by atoms with Crippen molar-refractivity contribution in [3.8, 4) is 0 Å². The molecule has 5 nitrogen and oxygen atoms in total. The third-order valence-corrected chi connectivity index (χ3v) is 5.44. The molecule has 2 atom stereocenters. The average Bonchev–Trinajstić information content (AvgIpc) is 3.02. The Bertz CT molecular complexity index is 523. The number of fused-ring (bicyclic) bond motifs is 3. The largest absolute Gasteiger partial charge is 0.311 e. The van der Waals surface area contributed by atoms with Gasteiger partial charge in [-0.25, -0.2) is 9.88 Å². The van der Waals surface area contributed by atoms with Gasteiger partial charge in [0.15, 0.2) is 5.13 Å². The molecule has 2 fully saturated rings. The predicted molar refractivity (Wildman–Crippen MR) is 70.8 cm³/mol. The van der Waals surface area contributed by atoms with Crippen LogP contribution in [0.2, 0.25) is 0 Å². The molecule has 1 aromatic heterocycles. The van der Waals surface area contributed by atoms with Crippen molar-refractivity contribution in [2.24, 2.45) is 11.8 Å². The molecule has 3 heterocycles. The van der Waals surface area contributed by atoms with Crippen LogP contribution in [0.3, 0.4) is 0 Å². The fourth-order valence-electron chi connectivity index (χ4n) is 3.30. The van der Waals surface area contributed by atoms with E-state index >= 15 is 0 Å². The topological polar surface area (TPSA) is 62.3 Å². The molecule has 100 valence electrons. The minimum Gasteiger partial charge on any atom is -0.311 e. The molecule has 1 saturated heterocycles. The van der Waals surface area contributed by atoms with Crippen LogP contribution in [0.1, 0.15) is 29.8 Å². The molecule has 1 saturated carbocycles. The second kappa shape index (κ2) is 4.11.